The molecule has 0 aliphatic carbocycles. The molecule has 0 saturated carbocycles. The molecule has 0 unspecified atom stereocenters. The van der Waals surface area contributed by atoms with Crippen LogP contribution in [0.4, 0.5) is 10.3 Å². The molecule has 1 aliphatic rings. The van der Waals surface area contributed by atoms with E-state index in [4.69, 9.17) is 9.26 Å². The Morgan fingerprint density at radius 1 is 1.18 bits per heavy atom. The lowest BCUT2D eigenvalue weighted by Crippen LogP contribution is -2.47. The lowest BCUT2D eigenvalue weighted by atomic mass is 10.0. The predicted molar refractivity (Wildman–Crippen MR) is 120 cm³/mol. The van der Waals surface area contributed by atoms with Crippen molar-refractivity contribution in [1.82, 2.24) is 15.5 Å². The minimum absolute atomic E-state index is 0.150. The standard InChI is InChI=1S/C22H23FN4O5S/c1-33(28,29)32-26-22(27-9-11-30-12-10-27)24-21-15-18(25-31-21)13-16-7-8-19(20(23)14-16)17-5-3-2-4-6-17/h2-8,14-15H,9-13H2,1H3,(H,24,26). The molecule has 2 heterocycles. The van der Waals surface area contributed by atoms with Gasteiger partial charge in [0.15, 0.2) is 0 Å². The highest BCUT2D eigenvalue weighted by Gasteiger charge is 2.18. The fourth-order valence-electron chi connectivity index (χ4n) is 3.32. The number of hydrogen-bond acceptors (Lipinski definition) is 7. The van der Waals surface area contributed by atoms with E-state index in [9.17, 15) is 12.8 Å². The first-order valence-electron chi connectivity index (χ1n) is 10.2. The van der Waals surface area contributed by atoms with Gasteiger partial charge >= 0.3 is 0 Å². The fourth-order valence-corrected chi connectivity index (χ4v) is 3.54. The minimum atomic E-state index is -3.75. The van der Waals surface area contributed by atoms with E-state index in [0.29, 0.717) is 44.0 Å². The Morgan fingerprint density at radius 3 is 2.64 bits per heavy atom. The second-order valence-corrected chi connectivity index (χ2v) is 9.01. The Morgan fingerprint density at radius 2 is 1.94 bits per heavy atom. The highest BCUT2D eigenvalue weighted by atomic mass is 32.2. The Hall–Kier alpha value is -3.28. The zero-order valence-electron chi connectivity index (χ0n) is 17.9. The van der Waals surface area contributed by atoms with Crippen LogP contribution in [-0.4, -0.2) is 57.0 Å². The summed E-state index contributed by atoms with van der Waals surface area (Å²) in [5, 5.41) is 3.99. The largest absolute Gasteiger partial charge is 0.378 e. The van der Waals surface area contributed by atoms with Gasteiger partial charge in [-0.05, 0) is 17.2 Å². The molecule has 0 spiro atoms. The summed E-state index contributed by atoms with van der Waals surface area (Å²) in [5.74, 6) is -0.0145. The van der Waals surface area contributed by atoms with Crippen LogP contribution in [0, 0.1) is 5.82 Å². The van der Waals surface area contributed by atoms with Gasteiger partial charge in [0.05, 0.1) is 25.2 Å². The maximum atomic E-state index is 14.7. The van der Waals surface area contributed by atoms with Gasteiger partial charge in [0.1, 0.15) is 5.82 Å². The fraction of sp³-hybridized carbons (Fsp3) is 0.273. The maximum absolute atomic E-state index is 14.7. The molecule has 0 atom stereocenters. The van der Waals surface area contributed by atoms with Crippen LogP contribution in [0.1, 0.15) is 11.3 Å². The molecule has 4 rings (SSSR count). The van der Waals surface area contributed by atoms with Crippen molar-refractivity contribution in [3.05, 3.63) is 71.7 Å². The van der Waals surface area contributed by atoms with E-state index in [0.717, 1.165) is 17.4 Å². The first kappa shape index (κ1) is 22.9. The molecule has 9 nitrogen and oxygen atoms in total. The van der Waals surface area contributed by atoms with Gasteiger partial charge in [-0.15, -0.1) is 4.28 Å². The van der Waals surface area contributed by atoms with Crippen molar-refractivity contribution in [2.75, 3.05) is 32.6 Å². The van der Waals surface area contributed by atoms with Crippen LogP contribution in [-0.2, 0) is 25.6 Å². The van der Waals surface area contributed by atoms with E-state index in [1.807, 2.05) is 36.4 Å². The van der Waals surface area contributed by atoms with E-state index in [-0.39, 0.29) is 17.7 Å². The Bertz CT molecular complexity index is 1220. The van der Waals surface area contributed by atoms with E-state index < -0.39 is 10.1 Å². The third kappa shape index (κ3) is 6.37. The molecule has 11 heteroatoms. The van der Waals surface area contributed by atoms with Gasteiger partial charge < -0.3 is 14.2 Å². The molecule has 3 aromatic rings. The summed E-state index contributed by atoms with van der Waals surface area (Å²) in [6.07, 6.45) is 1.26. The van der Waals surface area contributed by atoms with Crippen LogP contribution in [0.5, 0.6) is 0 Å². The van der Waals surface area contributed by atoms with Gasteiger partial charge in [-0.2, -0.15) is 13.4 Å². The number of rotatable bonds is 6. The summed E-state index contributed by atoms with van der Waals surface area (Å²) < 4.78 is 52.7. The van der Waals surface area contributed by atoms with E-state index >= 15 is 0 Å². The third-order valence-corrected chi connectivity index (χ3v) is 5.25. The van der Waals surface area contributed by atoms with Crippen molar-refractivity contribution in [3.8, 4) is 11.1 Å². The van der Waals surface area contributed by atoms with Crippen molar-refractivity contribution in [3.63, 3.8) is 0 Å². The molecule has 0 bridgehead atoms. The monoisotopic (exact) mass is 474 g/mol. The van der Waals surface area contributed by atoms with Crippen LogP contribution in [0.2, 0.25) is 0 Å². The van der Waals surface area contributed by atoms with Gasteiger partial charge in [-0.25, -0.2) is 9.87 Å². The molecular weight excluding hydrogens is 451 g/mol. The van der Waals surface area contributed by atoms with Gasteiger partial charge in [-0.1, -0.05) is 47.6 Å². The summed E-state index contributed by atoms with van der Waals surface area (Å²) >= 11 is 0. The number of ether oxygens (including phenoxy) is 1. The smallest absolute Gasteiger partial charge is 0.285 e. The molecule has 1 fully saturated rings. The maximum Gasteiger partial charge on any atom is 0.285 e. The highest BCUT2D eigenvalue weighted by molar-refractivity contribution is 7.85. The normalized spacial score (nSPS) is 15.0. The van der Waals surface area contributed by atoms with E-state index in [2.05, 4.69) is 19.9 Å². The molecule has 0 amide bonds. The quantitative estimate of drug-likeness (QED) is 0.330. The second kappa shape index (κ2) is 10.1. The SMILES string of the molecule is CS(=O)(=O)ONC(=Nc1cc(Cc2ccc(-c3ccccc3)c(F)c2)no1)N1CCOCC1. The first-order chi connectivity index (χ1) is 15.9. The van der Waals surface area contributed by atoms with E-state index in [1.165, 1.54) is 6.07 Å². The Balaban J connectivity index is 1.50. The number of morpholine rings is 1. The molecular formula is C22H23FN4O5S. The Labute approximate surface area is 190 Å². The number of hydroxylamine groups is 1. The summed E-state index contributed by atoms with van der Waals surface area (Å²) in [5.41, 5.74) is 4.96. The van der Waals surface area contributed by atoms with Crippen LogP contribution in [0.3, 0.4) is 0 Å². The zero-order chi connectivity index (χ0) is 23.3. The number of halogens is 1. The average Bonchev–Trinajstić information content (AvgIpc) is 3.24. The van der Waals surface area contributed by atoms with Crippen molar-refractivity contribution in [1.29, 1.82) is 0 Å². The molecule has 1 N–H and O–H groups in total. The van der Waals surface area contributed by atoms with Crippen LogP contribution in [0.25, 0.3) is 11.1 Å². The van der Waals surface area contributed by atoms with Crippen molar-refractivity contribution >= 4 is 22.0 Å². The molecule has 33 heavy (non-hydrogen) atoms. The summed E-state index contributed by atoms with van der Waals surface area (Å²) in [6, 6.07) is 16.0. The van der Waals surface area contributed by atoms with Gasteiger partial charge in [0, 0.05) is 31.1 Å². The van der Waals surface area contributed by atoms with Crippen molar-refractivity contribution in [2.45, 2.75) is 6.42 Å². The number of benzene rings is 2. The number of nitrogens with zero attached hydrogens (tertiary/aromatic N) is 3. The average molecular weight is 475 g/mol. The number of guanidine groups is 1. The number of nitrogens with one attached hydrogen (secondary N) is 1. The summed E-state index contributed by atoms with van der Waals surface area (Å²) in [6.45, 7) is 1.91. The minimum Gasteiger partial charge on any atom is -0.378 e. The van der Waals surface area contributed by atoms with Crippen molar-refractivity contribution in [2.24, 2.45) is 4.99 Å². The lowest BCUT2D eigenvalue weighted by Gasteiger charge is -2.29. The summed E-state index contributed by atoms with van der Waals surface area (Å²) in [7, 11) is -3.75. The first-order valence-corrected chi connectivity index (χ1v) is 12.0. The van der Waals surface area contributed by atoms with Crippen LogP contribution < -0.4 is 5.48 Å². The lowest BCUT2D eigenvalue weighted by molar-refractivity contribution is 0.0628. The van der Waals surface area contributed by atoms with Crippen LogP contribution >= 0.6 is 0 Å². The molecule has 2 aromatic carbocycles. The van der Waals surface area contributed by atoms with E-state index in [1.54, 1.807) is 17.0 Å². The second-order valence-electron chi connectivity index (χ2n) is 7.44. The number of aliphatic imine (C=N–C) groups is 1. The zero-order valence-corrected chi connectivity index (χ0v) is 18.7. The molecule has 174 valence electrons. The molecule has 0 radical (unpaired) electrons. The van der Waals surface area contributed by atoms with Crippen molar-refractivity contribution < 1.29 is 26.4 Å². The topological polar surface area (TPSA) is 106 Å². The van der Waals surface area contributed by atoms with Gasteiger partial charge in [-0.3, -0.25) is 0 Å². The number of aromatic nitrogens is 1. The number of hydrogen-bond donors (Lipinski definition) is 1. The Kier molecular flexibility index (Phi) is 7.02. The molecule has 1 aliphatic heterocycles. The van der Waals surface area contributed by atoms with Gasteiger partial charge in [0.25, 0.3) is 16.0 Å². The highest BCUT2D eigenvalue weighted by Crippen LogP contribution is 2.25. The third-order valence-electron chi connectivity index (χ3n) is 4.86. The molecule has 1 saturated heterocycles. The molecule has 1 aromatic heterocycles. The van der Waals surface area contributed by atoms with Gasteiger partial charge in [0.2, 0.25) is 5.96 Å². The predicted octanol–water partition coefficient (Wildman–Crippen LogP) is 2.87. The van der Waals surface area contributed by atoms with Crippen LogP contribution in [0.15, 0.2) is 64.1 Å². The summed E-state index contributed by atoms with van der Waals surface area (Å²) in [4.78, 5) is 6.07.